The molecule has 2 amide bonds. The average molecular weight is 563 g/mol. The molecule has 4 rings (SSSR count). The molecule has 0 aliphatic rings. The molecule has 4 aromatic rings. The molecule has 0 spiro atoms. The van der Waals surface area contributed by atoms with Crippen LogP contribution in [0.4, 0.5) is 10.5 Å². The van der Waals surface area contributed by atoms with Crippen LogP contribution in [0.1, 0.15) is 41.0 Å². The first-order valence-electron chi connectivity index (χ1n) is 13.0. The molecular formula is C30H34N4O5S. The molecule has 10 heteroatoms. The van der Waals surface area contributed by atoms with Gasteiger partial charge in [0, 0.05) is 23.5 Å². The van der Waals surface area contributed by atoms with Crippen LogP contribution in [0.5, 0.6) is 0 Å². The number of benzene rings is 2. The maximum Gasteiger partial charge on any atom is 0.408 e. The van der Waals surface area contributed by atoms with Crippen LogP contribution < -0.4 is 10.6 Å². The summed E-state index contributed by atoms with van der Waals surface area (Å²) in [6.07, 6.45) is 2.88. The second kappa shape index (κ2) is 11.5. The Labute approximate surface area is 234 Å². The lowest BCUT2D eigenvalue weighted by molar-refractivity contribution is -0.118. The molecule has 2 heterocycles. The van der Waals surface area contributed by atoms with E-state index in [4.69, 9.17) is 4.74 Å². The maximum atomic E-state index is 13.2. The standard InChI is InChI=1S/C30H34N4O5S/c1-20(2)19-26(33-29(36)39-30(3,4)5)28(35)32-22-13-11-21(12-14-22)24-15-17-31-27-25(24)16-18-34(27)40(37,38)23-9-7-6-8-10-23/h6-18,20,26H,19H2,1-5H3,(H,32,35)(H,33,36)/t26-/m0/s1. The van der Waals surface area contributed by atoms with Crippen molar-refractivity contribution in [1.29, 1.82) is 0 Å². The van der Waals surface area contributed by atoms with Gasteiger partial charge in [-0.1, -0.05) is 44.2 Å². The van der Waals surface area contributed by atoms with Crippen molar-refractivity contribution in [2.45, 2.75) is 57.6 Å². The highest BCUT2D eigenvalue weighted by Gasteiger charge is 2.25. The van der Waals surface area contributed by atoms with E-state index in [1.807, 2.05) is 32.0 Å². The summed E-state index contributed by atoms with van der Waals surface area (Å²) < 4.78 is 32.9. The van der Waals surface area contributed by atoms with Gasteiger partial charge in [-0.3, -0.25) is 4.79 Å². The zero-order valence-electron chi connectivity index (χ0n) is 23.2. The molecule has 210 valence electrons. The van der Waals surface area contributed by atoms with Gasteiger partial charge in [0.25, 0.3) is 10.0 Å². The third kappa shape index (κ3) is 6.69. The Kier molecular flexibility index (Phi) is 8.29. The van der Waals surface area contributed by atoms with Crippen molar-refractivity contribution in [2.24, 2.45) is 5.92 Å². The Hall–Kier alpha value is -4.18. The molecule has 0 unspecified atom stereocenters. The van der Waals surface area contributed by atoms with E-state index < -0.39 is 27.8 Å². The molecule has 40 heavy (non-hydrogen) atoms. The lowest BCUT2D eigenvalue weighted by atomic mass is 10.0. The molecule has 0 bridgehead atoms. The zero-order chi connectivity index (χ0) is 29.1. The molecule has 0 aliphatic heterocycles. The second-order valence-electron chi connectivity index (χ2n) is 10.9. The predicted molar refractivity (Wildman–Crippen MR) is 155 cm³/mol. The number of fused-ring (bicyclic) bond motifs is 1. The van der Waals surface area contributed by atoms with Crippen LogP contribution in [0.3, 0.4) is 0 Å². The molecule has 0 fully saturated rings. The highest BCUT2D eigenvalue weighted by molar-refractivity contribution is 7.90. The average Bonchev–Trinajstić information content (AvgIpc) is 3.33. The maximum absolute atomic E-state index is 13.2. The van der Waals surface area contributed by atoms with Crippen molar-refractivity contribution in [3.8, 4) is 11.1 Å². The van der Waals surface area contributed by atoms with Crippen molar-refractivity contribution in [3.63, 3.8) is 0 Å². The number of hydrogen-bond donors (Lipinski definition) is 2. The number of rotatable bonds is 8. The summed E-state index contributed by atoms with van der Waals surface area (Å²) in [6, 6.07) is 18.2. The first-order chi connectivity index (χ1) is 18.8. The Morgan fingerprint density at radius 3 is 2.27 bits per heavy atom. The Bertz CT molecular complexity index is 1610. The predicted octanol–water partition coefficient (Wildman–Crippen LogP) is 5.82. The molecule has 2 N–H and O–H groups in total. The second-order valence-corrected chi connectivity index (χ2v) is 12.7. The highest BCUT2D eigenvalue weighted by atomic mass is 32.2. The number of hydrogen-bond acceptors (Lipinski definition) is 6. The summed E-state index contributed by atoms with van der Waals surface area (Å²) in [5.41, 5.74) is 1.83. The summed E-state index contributed by atoms with van der Waals surface area (Å²) in [5, 5.41) is 6.22. The number of carbonyl (C=O) groups is 2. The smallest absolute Gasteiger partial charge is 0.408 e. The first-order valence-corrected chi connectivity index (χ1v) is 14.5. The van der Waals surface area contributed by atoms with Crippen LogP contribution in [0.15, 0.2) is 84.0 Å². The number of nitrogens with zero attached hydrogens (tertiary/aromatic N) is 2. The fourth-order valence-corrected chi connectivity index (χ4v) is 5.60. The number of aromatic nitrogens is 2. The fraction of sp³-hybridized carbons (Fsp3) is 0.300. The zero-order valence-corrected chi connectivity index (χ0v) is 24.0. The van der Waals surface area contributed by atoms with Crippen molar-refractivity contribution in [3.05, 3.63) is 79.1 Å². The molecule has 0 saturated carbocycles. The lowest BCUT2D eigenvalue weighted by Crippen LogP contribution is -2.46. The summed E-state index contributed by atoms with van der Waals surface area (Å²) in [7, 11) is -3.81. The first kappa shape index (κ1) is 28.8. The summed E-state index contributed by atoms with van der Waals surface area (Å²) in [4.78, 5) is 29.9. The highest BCUT2D eigenvalue weighted by Crippen LogP contribution is 2.31. The molecule has 9 nitrogen and oxygen atoms in total. The van der Waals surface area contributed by atoms with Gasteiger partial charge < -0.3 is 15.4 Å². The number of alkyl carbamates (subject to hydrolysis) is 1. The van der Waals surface area contributed by atoms with Gasteiger partial charge in [-0.2, -0.15) is 0 Å². The van der Waals surface area contributed by atoms with Crippen LogP contribution in [0, 0.1) is 5.92 Å². The third-order valence-corrected chi connectivity index (χ3v) is 7.71. The molecule has 2 aromatic carbocycles. The van der Waals surface area contributed by atoms with E-state index in [1.54, 1.807) is 75.5 Å². The molecule has 1 atom stereocenters. The van der Waals surface area contributed by atoms with Gasteiger partial charge in [0.15, 0.2) is 5.65 Å². The summed E-state index contributed by atoms with van der Waals surface area (Å²) in [5.74, 6) is -0.179. The Morgan fingerprint density at radius 2 is 1.65 bits per heavy atom. The van der Waals surface area contributed by atoms with E-state index in [2.05, 4.69) is 15.6 Å². The number of carbonyl (C=O) groups excluding carboxylic acids is 2. The molecular weight excluding hydrogens is 528 g/mol. The van der Waals surface area contributed by atoms with Gasteiger partial charge in [0.05, 0.1) is 4.90 Å². The molecule has 0 saturated heterocycles. The van der Waals surface area contributed by atoms with E-state index >= 15 is 0 Å². The lowest BCUT2D eigenvalue weighted by Gasteiger charge is -2.24. The van der Waals surface area contributed by atoms with Crippen molar-refractivity contribution in [2.75, 3.05) is 5.32 Å². The molecule has 2 aromatic heterocycles. The summed E-state index contributed by atoms with van der Waals surface area (Å²) >= 11 is 0. The van der Waals surface area contributed by atoms with Crippen LogP contribution in [0.2, 0.25) is 0 Å². The van der Waals surface area contributed by atoms with E-state index in [9.17, 15) is 18.0 Å². The fourth-order valence-electron chi connectivity index (χ4n) is 4.28. The number of anilines is 1. The molecule has 0 aliphatic carbocycles. The monoisotopic (exact) mass is 562 g/mol. The van der Waals surface area contributed by atoms with Crippen LogP contribution in [-0.2, 0) is 19.6 Å². The largest absolute Gasteiger partial charge is 0.444 e. The minimum Gasteiger partial charge on any atom is -0.444 e. The minimum atomic E-state index is -3.81. The van der Waals surface area contributed by atoms with Crippen molar-refractivity contribution >= 4 is 38.7 Å². The van der Waals surface area contributed by atoms with E-state index in [-0.39, 0.29) is 16.7 Å². The molecule has 0 radical (unpaired) electrons. The number of nitrogens with one attached hydrogen (secondary N) is 2. The number of ether oxygens (including phenoxy) is 1. The quantitative estimate of drug-likeness (QED) is 0.279. The van der Waals surface area contributed by atoms with E-state index in [1.165, 1.54) is 10.2 Å². The van der Waals surface area contributed by atoms with Gasteiger partial charge >= 0.3 is 6.09 Å². The normalized spacial score (nSPS) is 12.8. The Balaban J connectivity index is 1.55. The topological polar surface area (TPSA) is 119 Å². The van der Waals surface area contributed by atoms with Gasteiger partial charge in [-0.25, -0.2) is 22.2 Å². The number of amides is 2. The summed E-state index contributed by atoms with van der Waals surface area (Å²) in [6.45, 7) is 9.23. The number of pyridine rings is 1. The van der Waals surface area contributed by atoms with Crippen molar-refractivity contribution in [1.82, 2.24) is 14.3 Å². The Morgan fingerprint density at radius 1 is 0.975 bits per heavy atom. The van der Waals surface area contributed by atoms with Gasteiger partial charge in [-0.15, -0.1) is 0 Å². The van der Waals surface area contributed by atoms with Gasteiger partial charge in [-0.05, 0) is 80.6 Å². The minimum absolute atomic E-state index is 0.167. The van der Waals surface area contributed by atoms with Crippen LogP contribution in [-0.4, -0.2) is 41.0 Å². The SMILES string of the molecule is CC(C)C[C@H](NC(=O)OC(C)(C)C)C(=O)Nc1ccc(-c2ccnc3c2ccn3S(=O)(=O)c2ccccc2)cc1. The van der Waals surface area contributed by atoms with Gasteiger partial charge in [0.2, 0.25) is 5.91 Å². The van der Waals surface area contributed by atoms with Crippen LogP contribution >= 0.6 is 0 Å². The third-order valence-electron chi connectivity index (χ3n) is 6.03. The van der Waals surface area contributed by atoms with E-state index in [0.717, 1.165) is 11.1 Å². The van der Waals surface area contributed by atoms with Crippen molar-refractivity contribution < 1.29 is 22.7 Å². The van der Waals surface area contributed by atoms with E-state index in [0.29, 0.717) is 23.1 Å². The van der Waals surface area contributed by atoms with Crippen LogP contribution in [0.25, 0.3) is 22.2 Å². The van der Waals surface area contributed by atoms with Gasteiger partial charge in [0.1, 0.15) is 11.6 Å².